The molecular formula is C14H11N3O4. The maximum atomic E-state index is 11.9. The zero-order valence-corrected chi connectivity index (χ0v) is 10.8. The summed E-state index contributed by atoms with van der Waals surface area (Å²) in [6, 6.07) is 7.90. The number of carbonyl (C=O) groups is 1. The van der Waals surface area contributed by atoms with E-state index in [2.05, 4.69) is 22.1 Å². The van der Waals surface area contributed by atoms with Crippen molar-refractivity contribution in [1.82, 2.24) is 4.98 Å². The van der Waals surface area contributed by atoms with Crippen LogP contribution in [-0.4, -0.2) is 27.5 Å². The quantitative estimate of drug-likeness (QED) is 0.451. The minimum absolute atomic E-state index is 0.0912. The molecule has 0 aliphatic carbocycles. The highest BCUT2D eigenvalue weighted by Crippen LogP contribution is 2.15. The molecule has 0 unspecified atom stereocenters. The van der Waals surface area contributed by atoms with Gasteiger partial charge in [-0.25, -0.2) is 0 Å². The number of nitrogens with one attached hydrogen (secondary N) is 2. The smallest absolute Gasteiger partial charge is 0.287 e. The van der Waals surface area contributed by atoms with Crippen LogP contribution < -0.4 is 5.32 Å². The molecule has 1 aromatic heterocycles. The van der Waals surface area contributed by atoms with Gasteiger partial charge in [-0.05, 0) is 18.2 Å². The lowest BCUT2D eigenvalue weighted by Gasteiger charge is -2.03. The van der Waals surface area contributed by atoms with Crippen LogP contribution in [0.2, 0.25) is 0 Å². The van der Waals surface area contributed by atoms with E-state index in [4.69, 9.17) is 5.11 Å². The Kier molecular flexibility index (Phi) is 4.33. The Labute approximate surface area is 119 Å². The molecule has 1 aromatic carbocycles. The second kappa shape index (κ2) is 6.36. The van der Waals surface area contributed by atoms with Crippen LogP contribution in [0.5, 0.6) is 0 Å². The lowest BCUT2D eigenvalue weighted by Crippen LogP contribution is -2.12. The average Bonchev–Trinajstić information content (AvgIpc) is 2.95. The summed E-state index contributed by atoms with van der Waals surface area (Å²) >= 11 is 0. The Balaban J connectivity index is 2.13. The zero-order valence-electron chi connectivity index (χ0n) is 10.8. The van der Waals surface area contributed by atoms with E-state index in [9.17, 15) is 14.9 Å². The summed E-state index contributed by atoms with van der Waals surface area (Å²) in [5.41, 5.74) is 1.05. The normalized spacial score (nSPS) is 9.57. The van der Waals surface area contributed by atoms with Crippen molar-refractivity contribution < 1.29 is 14.8 Å². The van der Waals surface area contributed by atoms with Gasteiger partial charge in [0.2, 0.25) is 0 Å². The van der Waals surface area contributed by atoms with Crippen LogP contribution in [0.3, 0.4) is 0 Å². The van der Waals surface area contributed by atoms with Crippen molar-refractivity contribution in [2.45, 2.75) is 0 Å². The van der Waals surface area contributed by atoms with Crippen molar-refractivity contribution in [1.29, 1.82) is 0 Å². The third-order valence-corrected chi connectivity index (χ3v) is 2.56. The van der Waals surface area contributed by atoms with Crippen molar-refractivity contribution in [3.63, 3.8) is 0 Å². The van der Waals surface area contributed by atoms with Gasteiger partial charge in [-0.15, -0.1) is 0 Å². The van der Waals surface area contributed by atoms with Crippen molar-refractivity contribution in [2.75, 3.05) is 11.9 Å². The zero-order chi connectivity index (χ0) is 15.2. The van der Waals surface area contributed by atoms with E-state index < -0.39 is 10.8 Å². The van der Waals surface area contributed by atoms with Crippen LogP contribution in [0.1, 0.15) is 16.1 Å². The number of aromatic amines is 1. The molecule has 2 rings (SSSR count). The molecule has 0 saturated carbocycles. The van der Waals surface area contributed by atoms with Crippen LogP contribution in [0.15, 0.2) is 36.5 Å². The molecule has 1 amide bonds. The molecule has 0 bridgehead atoms. The number of aromatic nitrogens is 1. The Hall–Kier alpha value is -3.11. The topological polar surface area (TPSA) is 108 Å². The lowest BCUT2D eigenvalue weighted by atomic mass is 10.2. The number of amides is 1. The van der Waals surface area contributed by atoms with Gasteiger partial charge in [-0.2, -0.15) is 0 Å². The maximum absolute atomic E-state index is 11.9. The molecule has 0 atom stereocenters. The number of H-pyrrole nitrogens is 1. The lowest BCUT2D eigenvalue weighted by molar-refractivity contribution is -0.384. The van der Waals surface area contributed by atoms with Crippen LogP contribution in [0.25, 0.3) is 0 Å². The van der Waals surface area contributed by atoms with Gasteiger partial charge in [-0.3, -0.25) is 14.9 Å². The highest BCUT2D eigenvalue weighted by Gasteiger charge is 2.14. The second-order valence-corrected chi connectivity index (χ2v) is 4.02. The van der Waals surface area contributed by atoms with Gasteiger partial charge >= 0.3 is 0 Å². The summed E-state index contributed by atoms with van der Waals surface area (Å²) in [6.07, 6.45) is 1.15. The van der Waals surface area contributed by atoms with Gasteiger partial charge in [0.05, 0.1) is 11.1 Å². The highest BCUT2D eigenvalue weighted by atomic mass is 16.6. The number of anilines is 1. The molecule has 0 saturated heterocycles. The predicted molar refractivity (Wildman–Crippen MR) is 75.8 cm³/mol. The van der Waals surface area contributed by atoms with Gasteiger partial charge in [0.1, 0.15) is 12.3 Å². The summed E-state index contributed by atoms with van der Waals surface area (Å²) in [5.74, 6) is 4.73. The molecule has 0 fully saturated rings. The van der Waals surface area contributed by atoms with Crippen molar-refractivity contribution >= 4 is 17.3 Å². The van der Waals surface area contributed by atoms with Crippen molar-refractivity contribution in [3.8, 4) is 11.8 Å². The third-order valence-electron chi connectivity index (χ3n) is 2.56. The average molecular weight is 285 g/mol. The number of rotatable bonds is 3. The first kappa shape index (κ1) is 14.3. The van der Waals surface area contributed by atoms with E-state index in [1.807, 2.05) is 0 Å². The van der Waals surface area contributed by atoms with E-state index in [1.54, 1.807) is 24.3 Å². The molecule has 0 spiro atoms. The number of hydrogen-bond donors (Lipinski definition) is 3. The molecule has 7 heteroatoms. The molecule has 7 nitrogen and oxygen atoms in total. The maximum Gasteiger partial charge on any atom is 0.287 e. The number of aliphatic hydroxyl groups is 1. The first-order valence-corrected chi connectivity index (χ1v) is 5.94. The molecule has 21 heavy (non-hydrogen) atoms. The predicted octanol–water partition coefficient (Wildman–Crippen LogP) is 1.52. The van der Waals surface area contributed by atoms with Crippen molar-refractivity contribution in [2.24, 2.45) is 0 Å². The van der Waals surface area contributed by atoms with E-state index in [1.165, 1.54) is 0 Å². The fourth-order valence-corrected chi connectivity index (χ4v) is 1.63. The monoisotopic (exact) mass is 285 g/mol. The molecule has 3 N–H and O–H groups in total. The fourth-order valence-electron chi connectivity index (χ4n) is 1.63. The van der Waals surface area contributed by atoms with Crippen LogP contribution in [0, 0.1) is 22.0 Å². The van der Waals surface area contributed by atoms with E-state index in [0.717, 1.165) is 12.3 Å². The van der Waals surface area contributed by atoms with Gasteiger partial charge in [0.15, 0.2) is 0 Å². The standard InChI is InChI=1S/C14H11N3O4/c18-6-2-4-10-3-1-5-11(7-10)16-14(19)13-8-12(9-15-13)17(20)21/h1,3,5,7-9,15,18H,6H2,(H,16,19). The summed E-state index contributed by atoms with van der Waals surface area (Å²) in [4.78, 5) is 24.4. The molecular weight excluding hydrogens is 274 g/mol. The first-order chi connectivity index (χ1) is 10.1. The SMILES string of the molecule is O=C(Nc1cccc(C#CCO)c1)c1cc([N+](=O)[O-])c[nH]1. The minimum Gasteiger partial charge on any atom is -0.384 e. The van der Waals surface area contributed by atoms with Gasteiger partial charge in [0.25, 0.3) is 11.6 Å². The van der Waals surface area contributed by atoms with E-state index in [0.29, 0.717) is 11.3 Å². The second-order valence-electron chi connectivity index (χ2n) is 4.02. The minimum atomic E-state index is -0.585. The summed E-state index contributed by atoms with van der Waals surface area (Å²) in [6.45, 7) is -0.247. The number of aliphatic hydroxyl groups excluding tert-OH is 1. The van der Waals surface area contributed by atoms with E-state index >= 15 is 0 Å². The fraction of sp³-hybridized carbons (Fsp3) is 0.0714. The van der Waals surface area contributed by atoms with Gasteiger partial charge in [-0.1, -0.05) is 17.9 Å². The molecule has 1 heterocycles. The van der Waals surface area contributed by atoms with Crippen LogP contribution >= 0.6 is 0 Å². The number of nitrogens with zero attached hydrogens (tertiary/aromatic N) is 1. The number of nitro groups is 1. The molecule has 106 valence electrons. The third kappa shape index (κ3) is 3.68. The number of benzene rings is 1. The van der Waals surface area contributed by atoms with Gasteiger partial charge < -0.3 is 15.4 Å². The molecule has 0 aliphatic heterocycles. The molecule has 0 radical (unpaired) electrons. The Bertz CT molecular complexity index is 740. The largest absolute Gasteiger partial charge is 0.384 e. The van der Waals surface area contributed by atoms with Gasteiger partial charge in [0, 0.05) is 17.3 Å². The number of hydrogen-bond acceptors (Lipinski definition) is 4. The Morgan fingerprint density at radius 1 is 1.43 bits per heavy atom. The number of carbonyl (C=O) groups excluding carboxylic acids is 1. The van der Waals surface area contributed by atoms with Crippen LogP contribution in [0.4, 0.5) is 11.4 Å². The summed E-state index contributed by atoms with van der Waals surface area (Å²) < 4.78 is 0. The summed E-state index contributed by atoms with van der Waals surface area (Å²) in [5, 5.41) is 21.8. The van der Waals surface area contributed by atoms with Crippen LogP contribution in [-0.2, 0) is 0 Å². The Morgan fingerprint density at radius 2 is 2.24 bits per heavy atom. The summed E-state index contributed by atoms with van der Waals surface area (Å²) in [7, 11) is 0. The highest BCUT2D eigenvalue weighted by molar-refractivity contribution is 6.03. The Morgan fingerprint density at radius 3 is 2.90 bits per heavy atom. The first-order valence-electron chi connectivity index (χ1n) is 5.94. The van der Waals surface area contributed by atoms with Crippen molar-refractivity contribution in [3.05, 3.63) is 57.9 Å². The molecule has 2 aromatic rings. The molecule has 0 aliphatic rings. The van der Waals surface area contributed by atoms with E-state index in [-0.39, 0.29) is 18.0 Å².